The number of benzene rings is 2. The predicted octanol–water partition coefficient (Wildman–Crippen LogP) is 5.78. The Labute approximate surface area is 155 Å². The molecule has 25 heavy (non-hydrogen) atoms. The highest BCUT2D eigenvalue weighted by molar-refractivity contribution is 7.97. The Hall–Kier alpha value is -1.65. The molecule has 2 aromatic rings. The van der Waals surface area contributed by atoms with Crippen molar-refractivity contribution in [2.24, 2.45) is 0 Å². The molecule has 3 nitrogen and oxygen atoms in total. The van der Waals surface area contributed by atoms with Gasteiger partial charge in [-0.15, -0.1) is 0 Å². The lowest BCUT2D eigenvalue weighted by Crippen LogP contribution is -2.48. The van der Waals surface area contributed by atoms with Crippen molar-refractivity contribution < 1.29 is 4.74 Å². The number of nitrogens with one attached hydrogen (secondary N) is 1. The molecule has 0 saturated heterocycles. The van der Waals surface area contributed by atoms with Crippen molar-refractivity contribution >= 4 is 23.3 Å². The van der Waals surface area contributed by atoms with Crippen LogP contribution in [0.5, 0.6) is 5.75 Å². The zero-order valence-electron chi connectivity index (χ0n) is 15.4. The van der Waals surface area contributed by atoms with Crippen LogP contribution in [0.2, 0.25) is 0 Å². The minimum atomic E-state index is 0.1000. The molecule has 134 valence electrons. The first-order chi connectivity index (χ1) is 12.2. The van der Waals surface area contributed by atoms with E-state index < -0.39 is 0 Å². The largest absolute Gasteiger partial charge is 0.497 e. The first-order valence-corrected chi connectivity index (χ1v) is 9.97. The lowest BCUT2D eigenvalue weighted by Gasteiger charge is -2.37. The SMILES string of the molecule is CCCC[C@@]1(CC)CN(c2ccccc2)c2ccc(OC)cc2SN1. The number of nitrogens with zero attached hydrogens (tertiary/aromatic N) is 1. The van der Waals surface area contributed by atoms with Crippen molar-refractivity contribution in [3.63, 3.8) is 0 Å². The summed E-state index contributed by atoms with van der Waals surface area (Å²) in [5.41, 5.74) is 2.59. The van der Waals surface area contributed by atoms with Crippen LogP contribution in [0.3, 0.4) is 0 Å². The summed E-state index contributed by atoms with van der Waals surface area (Å²) in [6, 6.07) is 17.1. The Morgan fingerprint density at radius 3 is 2.64 bits per heavy atom. The van der Waals surface area contributed by atoms with Crippen LogP contribution in [-0.2, 0) is 0 Å². The molecule has 1 aliphatic heterocycles. The van der Waals surface area contributed by atoms with Gasteiger partial charge in [-0.3, -0.25) is 4.72 Å². The Kier molecular flexibility index (Phi) is 5.92. The van der Waals surface area contributed by atoms with Crippen molar-refractivity contribution in [1.82, 2.24) is 4.72 Å². The molecule has 0 saturated carbocycles. The van der Waals surface area contributed by atoms with E-state index >= 15 is 0 Å². The van der Waals surface area contributed by atoms with E-state index in [9.17, 15) is 0 Å². The van der Waals surface area contributed by atoms with E-state index in [4.69, 9.17) is 4.74 Å². The van der Waals surface area contributed by atoms with Crippen LogP contribution in [0.15, 0.2) is 53.4 Å². The number of ether oxygens (including phenoxy) is 1. The predicted molar refractivity (Wildman–Crippen MR) is 108 cm³/mol. The van der Waals surface area contributed by atoms with Gasteiger partial charge >= 0.3 is 0 Å². The number of hydrogen-bond donors (Lipinski definition) is 1. The number of rotatable bonds is 6. The molecule has 0 spiro atoms. The third kappa shape index (κ3) is 3.96. The first kappa shape index (κ1) is 18.2. The Morgan fingerprint density at radius 2 is 1.96 bits per heavy atom. The van der Waals surface area contributed by atoms with E-state index in [1.807, 2.05) is 0 Å². The molecule has 1 N–H and O–H groups in total. The van der Waals surface area contributed by atoms with Gasteiger partial charge in [0.1, 0.15) is 5.75 Å². The Bertz CT molecular complexity index is 692. The normalized spacial score (nSPS) is 20.0. The maximum atomic E-state index is 5.45. The van der Waals surface area contributed by atoms with Crippen molar-refractivity contribution in [3.8, 4) is 5.75 Å². The molecule has 3 rings (SSSR count). The molecule has 4 heteroatoms. The number of para-hydroxylation sites is 1. The van der Waals surface area contributed by atoms with E-state index in [-0.39, 0.29) is 5.54 Å². The second-order valence-corrected chi connectivity index (χ2v) is 7.54. The summed E-state index contributed by atoms with van der Waals surface area (Å²) in [7, 11) is 1.73. The summed E-state index contributed by atoms with van der Waals surface area (Å²) in [6.07, 6.45) is 4.75. The highest BCUT2D eigenvalue weighted by atomic mass is 32.2. The van der Waals surface area contributed by atoms with Gasteiger partial charge in [0.25, 0.3) is 0 Å². The van der Waals surface area contributed by atoms with Gasteiger partial charge in [0.05, 0.1) is 17.7 Å². The van der Waals surface area contributed by atoms with E-state index in [1.165, 1.54) is 35.5 Å². The zero-order valence-corrected chi connectivity index (χ0v) is 16.2. The fraction of sp³-hybridized carbons (Fsp3) is 0.429. The van der Waals surface area contributed by atoms with Crippen molar-refractivity contribution in [2.75, 3.05) is 18.6 Å². The number of hydrogen-bond acceptors (Lipinski definition) is 4. The number of fused-ring (bicyclic) bond motifs is 1. The molecule has 0 bridgehead atoms. The molecule has 0 unspecified atom stereocenters. The van der Waals surface area contributed by atoms with Crippen molar-refractivity contribution in [3.05, 3.63) is 48.5 Å². The van der Waals surface area contributed by atoms with Crippen molar-refractivity contribution in [2.45, 2.75) is 50.0 Å². The van der Waals surface area contributed by atoms with E-state index in [2.05, 4.69) is 72.0 Å². The lowest BCUT2D eigenvalue weighted by atomic mass is 9.90. The third-order valence-corrected chi connectivity index (χ3v) is 6.13. The maximum absolute atomic E-state index is 5.45. The summed E-state index contributed by atoms with van der Waals surface area (Å²) in [4.78, 5) is 3.68. The van der Waals surface area contributed by atoms with E-state index in [1.54, 1.807) is 19.1 Å². The highest BCUT2D eigenvalue weighted by Crippen LogP contribution is 2.42. The molecule has 0 fully saturated rings. The second kappa shape index (κ2) is 8.15. The quantitative estimate of drug-likeness (QED) is 0.663. The van der Waals surface area contributed by atoms with Crippen LogP contribution in [0.1, 0.15) is 39.5 Å². The fourth-order valence-electron chi connectivity index (χ4n) is 3.35. The van der Waals surface area contributed by atoms with Crippen LogP contribution < -0.4 is 14.4 Å². The average Bonchev–Trinajstić information content (AvgIpc) is 2.84. The molecule has 1 atom stereocenters. The number of methoxy groups -OCH3 is 1. The summed E-state index contributed by atoms with van der Waals surface area (Å²) < 4.78 is 9.25. The van der Waals surface area contributed by atoms with E-state index in [0.717, 1.165) is 18.7 Å². The summed E-state index contributed by atoms with van der Waals surface area (Å²) in [6.45, 7) is 5.53. The number of unbranched alkanes of at least 4 members (excludes halogenated alkanes) is 1. The molecule has 0 aliphatic carbocycles. The van der Waals surface area contributed by atoms with Gasteiger partial charge in [-0.1, -0.05) is 44.9 Å². The highest BCUT2D eigenvalue weighted by Gasteiger charge is 2.34. The van der Waals surface area contributed by atoms with Gasteiger partial charge in [0.15, 0.2) is 0 Å². The van der Waals surface area contributed by atoms with Crippen molar-refractivity contribution in [1.29, 1.82) is 0 Å². The van der Waals surface area contributed by atoms with Crippen LogP contribution in [0.25, 0.3) is 0 Å². The topological polar surface area (TPSA) is 24.5 Å². The maximum Gasteiger partial charge on any atom is 0.120 e. The van der Waals surface area contributed by atoms with Gasteiger partial charge in [-0.05, 0) is 55.1 Å². The molecular weight excluding hydrogens is 328 g/mol. The minimum absolute atomic E-state index is 0.1000. The van der Waals surface area contributed by atoms with Gasteiger partial charge in [-0.2, -0.15) is 0 Å². The van der Waals surface area contributed by atoms with Gasteiger partial charge in [0.2, 0.25) is 0 Å². The summed E-state index contributed by atoms with van der Waals surface area (Å²) in [5.74, 6) is 0.901. The van der Waals surface area contributed by atoms with Crippen LogP contribution in [-0.4, -0.2) is 19.2 Å². The Balaban J connectivity index is 2.04. The molecule has 2 aromatic carbocycles. The third-order valence-electron chi connectivity index (χ3n) is 5.05. The smallest absolute Gasteiger partial charge is 0.120 e. The van der Waals surface area contributed by atoms with Crippen LogP contribution >= 0.6 is 11.9 Å². The zero-order chi connectivity index (χ0) is 17.7. The van der Waals surface area contributed by atoms with Gasteiger partial charge in [0, 0.05) is 17.8 Å². The monoisotopic (exact) mass is 356 g/mol. The molecule has 0 radical (unpaired) electrons. The fourth-order valence-corrected chi connectivity index (χ4v) is 4.45. The van der Waals surface area contributed by atoms with E-state index in [0.29, 0.717) is 0 Å². The summed E-state index contributed by atoms with van der Waals surface area (Å²) >= 11 is 1.75. The van der Waals surface area contributed by atoms with Crippen LogP contribution in [0, 0.1) is 0 Å². The molecule has 1 aliphatic rings. The summed E-state index contributed by atoms with van der Waals surface area (Å²) in [5, 5.41) is 0. The molecular formula is C21H28N2OS. The van der Waals surface area contributed by atoms with Crippen LogP contribution in [0.4, 0.5) is 11.4 Å². The second-order valence-electron chi connectivity index (χ2n) is 6.70. The number of anilines is 2. The Morgan fingerprint density at radius 1 is 1.16 bits per heavy atom. The van der Waals surface area contributed by atoms with Gasteiger partial charge in [-0.25, -0.2) is 0 Å². The molecule has 1 heterocycles. The average molecular weight is 357 g/mol. The lowest BCUT2D eigenvalue weighted by molar-refractivity contribution is 0.351. The first-order valence-electron chi connectivity index (χ1n) is 9.16. The standard InChI is InChI=1S/C21H28N2OS/c1-4-6-14-21(5-2)16-23(17-10-8-7-9-11-17)19-13-12-18(24-3)15-20(19)25-22-21/h7-13,15,22H,4-6,14,16H2,1-3H3/t21-/m0/s1. The minimum Gasteiger partial charge on any atom is -0.497 e. The van der Waals surface area contributed by atoms with Gasteiger partial charge < -0.3 is 9.64 Å². The molecule has 0 amide bonds. The molecule has 0 aromatic heterocycles.